The van der Waals surface area contributed by atoms with Crippen LogP contribution in [0, 0.1) is 6.92 Å². The maximum absolute atomic E-state index is 5.91. The zero-order valence-corrected chi connectivity index (χ0v) is 9.71. The Kier molecular flexibility index (Phi) is 3.22. The predicted octanol–water partition coefficient (Wildman–Crippen LogP) is 1.26. The molecule has 0 saturated carbocycles. The van der Waals surface area contributed by atoms with Crippen LogP contribution in [0.5, 0.6) is 0 Å². The van der Waals surface area contributed by atoms with E-state index in [9.17, 15) is 0 Å². The number of nitrogens with two attached hydrogens (primary N) is 1. The van der Waals surface area contributed by atoms with E-state index in [4.69, 9.17) is 21.9 Å². The Bertz CT molecular complexity index is 503. The van der Waals surface area contributed by atoms with Gasteiger partial charge in [0, 0.05) is 6.92 Å². The minimum atomic E-state index is 0.267. The van der Waals surface area contributed by atoms with Gasteiger partial charge in [0.25, 0.3) is 5.22 Å². The fraction of sp³-hybridized carbons (Fsp3) is 0.143. The number of hydrazine groups is 1. The number of aromatic nitrogens is 4. The molecule has 0 amide bonds. The van der Waals surface area contributed by atoms with Crippen molar-refractivity contribution in [3.63, 3.8) is 0 Å². The molecule has 0 saturated heterocycles. The first-order chi connectivity index (χ1) is 7.69. The van der Waals surface area contributed by atoms with Gasteiger partial charge in [0.1, 0.15) is 5.03 Å². The van der Waals surface area contributed by atoms with Gasteiger partial charge in [0.05, 0.1) is 11.2 Å². The molecular formula is C7H7ClN6OS. The van der Waals surface area contributed by atoms with Crippen LogP contribution in [0.3, 0.4) is 0 Å². The lowest BCUT2D eigenvalue weighted by molar-refractivity contribution is 0.429. The van der Waals surface area contributed by atoms with Gasteiger partial charge in [0.2, 0.25) is 11.8 Å². The number of aryl methyl sites for hydroxylation is 1. The number of anilines is 1. The number of nitrogen functional groups attached to an aromatic ring is 1. The Morgan fingerprint density at radius 2 is 2.31 bits per heavy atom. The zero-order chi connectivity index (χ0) is 11.5. The van der Waals surface area contributed by atoms with E-state index < -0.39 is 0 Å². The number of nitrogens with one attached hydrogen (secondary N) is 1. The van der Waals surface area contributed by atoms with Gasteiger partial charge in [0.15, 0.2) is 0 Å². The van der Waals surface area contributed by atoms with Crippen LogP contribution in [0.4, 0.5) is 5.95 Å². The van der Waals surface area contributed by atoms with E-state index in [0.29, 0.717) is 21.2 Å². The van der Waals surface area contributed by atoms with Crippen molar-refractivity contribution in [1.82, 2.24) is 20.2 Å². The summed E-state index contributed by atoms with van der Waals surface area (Å²) in [5, 5.41) is 8.75. The summed E-state index contributed by atoms with van der Waals surface area (Å²) in [6, 6.07) is 0. The van der Waals surface area contributed by atoms with E-state index in [1.54, 1.807) is 6.92 Å². The number of halogens is 1. The largest absolute Gasteiger partial charge is 0.416 e. The SMILES string of the molecule is Cc1nnc(Sc2nc(NN)ncc2Cl)o1. The second kappa shape index (κ2) is 4.64. The number of rotatable bonds is 3. The first-order valence-electron chi connectivity index (χ1n) is 4.16. The van der Waals surface area contributed by atoms with Gasteiger partial charge in [-0.15, -0.1) is 10.2 Å². The molecular weight excluding hydrogens is 252 g/mol. The first kappa shape index (κ1) is 11.1. The van der Waals surface area contributed by atoms with E-state index in [1.807, 2.05) is 0 Å². The van der Waals surface area contributed by atoms with Crippen LogP contribution >= 0.6 is 23.4 Å². The van der Waals surface area contributed by atoms with Crippen LogP contribution in [0.2, 0.25) is 5.02 Å². The van der Waals surface area contributed by atoms with E-state index in [2.05, 4.69) is 25.6 Å². The molecule has 16 heavy (non-hydrogen) atoms. The lowest BCUT2D eigenvalue weighted by atomic mass is 10.7. The highest BCUT2D eigenvalue weighted by molar-refractivity contribution is 7.99. The summed E-state index contributed by atoms with van der Waals surface area (Å²) in [5.74, 6) is 5.93. The molecule has 0 atom stereocenters. The average molecular weight is 259 g/mol. The lowest BCUT2D eigenvalue weighted by Gasteiger charge is -2.01. The first-order valence-corrected chi connectivity index (χ1v) is 5.35. The normalized spacial score (nSPS) is 10.4. The van der Waals surface area contributed by atoms with Crippen molar-refractivity contribution in [3.05, 3.63) is 17.1 Å². The topological polar surface area (TPSA) is 103 Å². The minimum absolute atomic E-state index is 0.267. The molecule has 0 aromatic carbocycles. The molecule has 7 nitrogen and oxygen atoms in total. The summed E-state index contributed by atoms with van der Waals surface area (Å²) < 4.78 is 5.19. The van der Waals surface area contributed by atoms with Crippen molar-refractivity contribution in [1.29, 1.82) is 0 Å². The van der Waals surface area contributed by atoms with Gasteiger partial charge in [-0.25, -0.2) is 15.8 Å². The molecule has 0 fully saturated rings. The van der Waals surface area contributed by atoms with Crippen molar-refractivity contribution in [2.75, 3.05) is 5.43 Å². The van der Waals surface area contributed by atoms with Crippen molar-refractivity contribution in [2.45, 2.75) is 17.2 Å². The average Bonchev–Trinajstić information content (AvgIpc) is 2.67. The maximum atomic E-state index is 5.91. The molecule has 3 N–H and O–H groups in total. The molecule has 0 unspecified atom stereocenters. The summed E-state index contributed by atoms with van der Waals surface area (Å²) in [6.45, 7) is 1.70. The molecule has 84 valence electrons. The minimum Gasteiger partial charge on any atom is -0.416 e. The van der Waals surface area contributed by atoms with Gasteiger partial charge in [-0.2, -0.15) is 0 Å². The predicted molar refractivity (Wildman–Crippen MR) is 58.0 cm³/mol. The third-order valence-corrected chi connectivity index (χ3v) is 2.77. The van der Waals surface area contributed by atoms with Crippen molar-refractivity contribution >= 4 is 29.3 Å². The molecule has 0 aliphatic rings. The smallest absolute Gasteiger partial charge is 0.282 e. The van der Waals surface area contributed by atoms with Crippen molar-refractivity contribution in [3.8, 4) is 0 Å². The van der Waals surface area contributed by atoms with E-state index in [1.165, 1.54) is 6.20 Å². The fourth-order valence-corrected chi connectivity index (χ4v) is 1.79. The highest BCUT2D eigenvalue weighted by Gasteiger charge is 2.11. The third-order valence-electron chi connectivity index (χ3n) is 1.53. The lowest BCUT2D eigenvalue weighted by Crippen LogP contribution is -2.10. The van der Waals surface area contributed by atoms with Crippen molar-refractivity contribution in [2.24, 2.45) is 5.84 Å². The Hall–Kier alpha value is -1.38. The van der Waals surface area contributed by atoms with Gasteiger partial charge < -0.3 is 4.42 Å². The molecule has 0 radical (unpaired) electrons. The van der Waals surface area contributed by atoms with Crippen LogP contribution in [-0.2, 0) is 0 Å². The fourth-order valence-electron chi connectivity index (χ4n) is 0.895. The molecule has 2 rings (SSSR count). The molecule has 9 heteroatoms. The van der Waals surface area contributed by atoms with Crippen LogP contribution < -0.4 is 11.3 Å². The highest BCUT2D eigenvalue weighted by atomic mass is 35.5. The molecule has 0 aliphatic carbocycles. The van der Waals surface area contributed by atoms with Crippen molar-refractivity contribution < 1.29 is 4.42 Å². The molecule has 2 heterocycles. The summed E-state index contributed by atoms with van der Waals surface area (Å²) in [5.41, 5.74) is 2.32. The van der Waals surface area contributed by atoms with Crippen LogP contribution in [0.25, 0.3) is 0 Å². The van der Waals surface area contributed by atoms with Gasteiger partial charge in [-0.1, -0.05) is 11.6 Å². The van der Waals surface area contributed by atoms with E-state index in [-0.39, 0.29) is 5.95 Å². The Morgan fingerprint density at radius 1 is 1.50 bits per heavy atom. The van der Waals surface area contributed by atoms with Gasteiger partial charge in [-0.05, 0) is 11.8 Å². The molecule has 2 aromatic heterocycles. The Morgan fingerprint density at radius 3 is 2.94 bits per heavy atom. The molecule has 0 aliphatic heterocycles. The number of hydrogen-bond donors (Lipinski definition) is 2. The summed E-state index contributed by atoms with van der Waals surface area (Å²) in [6.07, 6.45) is 1.44. The standard InChI is InChI=1S/C7H7ClN6OS/c1-3-13-14-7(15-3)16-5-4(8)2-10-6(11-5)12-9/h2H,9H2,1H3,(H,10,11,12). The van der Waals surface area contributed by atoms with Gasteiger partial charge in [-0.3, -0.25) is 5.43 Å². The van der Waals surface area contributed by atoms with Crippen LogP contribution in [-0.4, -0.2) is 20.2 Å². The van der Waals surface area contributed by atoms with Crippen LogP contribution in [0.1, 0.15) is 5.89 Å². The Balaban J connectivity index is 2.26. The zero-order valence-electron chi connectivity index (χ0n) is 8.14. The molecule has 0 bridgehead atoms. The van der Waals surface area contributed by atoms with E-state index in [0.717, 1.165) is 11.8 Å². The number of nitrogens with zero attached hydrogens (tertiary/aromatic N) is 4. The summed E-state index contributed by atoms with van der Waals surface area (Å²) >= 11 is 7.05. The van der Waals surface area contributed by atoms with E-state index >= 15 is 0 Å². The molecule has 2 aromatic rings. The summed E-state index contributed by atoms with van der Waals surface area (Å²) in [4.78, 5) is 7.90. The van der Waals surface area contributed by atoms with Gasteiger partial charge >= 0.3 is 0 Å². The molecule has 0 spiro atoms. The maximum Gasteiger partial charge on any atom is 0.282 e. The second-order valence-corrected chi connectivity index (χ2v) is 4.03. The summed E-state index contributed by atoms with van der Waals surface area (Å²) in [7, 11) is 0. The highest BCUT2D eigenvalue weighted by Crippen LogP contribution is 2.30. The Labute approximate surface area is 99.8 Å². The van der Waals surface area contributed by atoms with Crippen LogP contribution in [0.15, 0.2) is 20.9 Å². The third kappa shape index (κ3) is 2.40. The number of hydrogen-bond acceptors (Lipinski definition) is 8. The second-order valence-electron chi connectivity index (χ2n) is 2.68. The quantitative estimate of drug-likeness (QED) is 0.482. The monoisotopic (exact) mass is 258 g/mol.